The van der Waals surface area contributed by atoms with Crippen molar-refractivity contribution < 1.29 is 5.11 Å². The number of nitrogens with zero attached hydrogens (tertiary/aromatic N) is 5. The van der Waals surface area contributed by atoms with Gasteiger partial charge in [-0.2, -0.15) is 0 Å². The molecule has 1 saturated heterocycles. The SMILES string of the molecule is CCc1nc2ccc(N3CCC(O)CC3)cn2c1N(C)c1nc(-c2ccc(C)cc2)cs1. The summed E-state index contributed by atoms with van der Waals surface area (Å²) in [4.78, 5) is 14.3. The monoisotopic (exact) mass is 447 g/mol. The summed E-state index contributed by atoms with van der Waals surface area (Å²) in [6, 6.07) is 12.7. The molecule has 1 fully saturated rings. The molecular formula is C25H29N5OS. The largest absolute Gasteiger partial charge is 0.393 e. The fourth-order valence-corrected chi connectivity index (χ4v) is 5.14. The lowest BCUT2D eigenvalue weighted by atomic mass is 10.1. The van der Waals surface area contributed by atoms with Crippen LogP contribution in [-0.4, -0.2) is 45.7 Å². The van der Waals surface area contributed by atoms with Crippen LogP contribution in [0.2, 0.25) is 0 Å². The first-order valence-electron chi connectivity index (χ1n) is 11.2. The van der Waals surface area contributed by atoms with E-state index in [1.54, 1.807) is 11.3 Å². The van der Waals surface area contributed by atoms with E-state index in [2.05, 4.69) is 83.1 Å². The number of aromatic nitrogens is 3. The third-order valence-electron chi connectivity index (χ3n) is 6.26. The average Bonchev–Trinajstić information content (AvgIpc) is 3.44. The number of aliphatic hydroxyl groups excluding tert-OH is 1. The second-order valence-electron chi connectivity index (χ2n) is 8.51. The summed E-state index contributed by atoms with van der Waals surface area (Å²) in [7, 11) is 2.07. The Hall–Kier alpha value is -2.90. The van der Waals surface area contributed by atoms with Crippen LogP contribution in [0.3, 0.4) is 0 Å². The third kappa shape index (κ3) is 3.87. The Morgan fingerprint density at radius 3 is 2.56 bits per heavy atom. The van der Waals surface area contributed by atoms with Crippen molar-refractivity contribution in [3.05, 3.63) is 59.2 Å². The van der Waals surface area contributed by atoms with E-state index < -0.39 is 0 Å². The number of pyridine rings is 1. The van der Waals surface area contributed by atoms with Crippen LogP contribution in [0.4, 0.5) is 16.6 Å². The Morgan fingerprint density at radius 2 is 1.84 bits per heavy atom. The van der Waals surface area contributed by atoms with E-state index in [-0.39, 0.29) is 6.10 Å². The van der Waals surface area contributed by atoms with Gasteiger partial charge in [0.2, 0.25) is 0 Å². The highest BCUT2D eigenvalue weighted by Gasteiger charge is 2.21. The number of aliphatic hydroxyl groups is 1. The maximum atomic E-state index is 9.87. The van der Waals surface area contributed by atoms with E-state index in [1.807, 2.05) is 0 Å². The molecule has 0 amide bonds. The molecule has 1 N–H and O–H groups in total. The summed E-state index contributed by atoms with van der Waals surface area (Å²) in [6.07, 6.45) is 4.48. The number of hydrogen-bond acceptors (Lipinski definition) is 6. The number of fused-ring (bicyclic) bond motifs is 1. The summed E-state index contributed by atoms with van der Waals surface area (Å²) >= 11 is 1.65. The summed E-state index contributed by atoms with van der Waals surface area (Å²) in [5, 5.41) is 12.9. The van der Waals surface area contributed by atoms with E-state index >= 15 is 0 Å². The Balaban J connectivity index is 1.51. The second kappa shape index (κ2) is 8.56. The number of piperidine rings is 1. The van der Waals surface area contributed by atoms with E-state index in [1.165, 1.54) is 11.3 Å². The molecular weight excluding hydrogens is 418 g/mol. The summed E-state index contributed by atoms with van der Waals surface area (Å²) in [5.41, 5.74) is 6.55. The highest BCUT2D eigenvalue weighted by atomic mass is 32.1. The molecule has 7 heteroatoms. The van der Waals surface area contributed by atoms with Crippen molar-refractivity contribution in [1.29, 1.82) is 0 Å². The quantitative estimate of drug-likeness (QED) is 0.464. The number of hydrogen-bond donors (Lipinski definition) is 1. The highest BCUT2D eigenvalue weighted by Crippen LogP contribution is 2.34. The zero-order valence-corrected chi connectivity index (χ0v) is 19.6. The van der Waals surface area contributed by atoms with Crippen molar-refractivity contribution >= 4 is 33.6 Å². The van der Waals surface area contributed by atoms with Crippen molar-refractivity contribution in [1.82, 2.24) is 14.4 Å². The maximum Gasteiger partial charge on any atom is 0.191 e. The van der Waals surface area contributed by atoms with Crippen LogP contribution in [0, 0.1) is 6.92 Å². The lowest BCUT2D eigenvalue weighted by Gasteiger charge is -2.31. The predicted molar refractivity (Wildman–Crippen MR) is 132 cm³/mol. The van der Waals surface area contributed by atoms with Crippen molar-refractivity contribution in [3.63, 3.8) is 0 Å². The number of aryl methyl sites for hydroxylation is 2. The standard InChI is InChI=1S/C25H29N5OS/c1-4-21-24(28(3)25-27-22(16-32-25)18-7-5-17(2)6-8-18)30-15-19(9-10-23(30)26-21)29-13-11-20(31)12-14-29/h5-10,15-16,20,31H,4,11-14H2,1-3H3. The van der Waals surface area contributed by atoms with Crippen molar-refractivity contribution in [2.45, 2.75) is 39.2 Å². The fourth-order valence-electron chi connectivity index (χ4n) is 4.34. The number of rotatable bonds is 5. The Labute approximate surface area is 192 Å². The van der Waals surface area contributed by atoms with Gasteiger partial charge in [0, 0.05) is 37.3 Å². The lowest BCUT2D eigenvalue weighted by molar-refractivity contribution is 0.145. The molecule has 6 nitrogen and oxygen atoms in total. The van der Waals surface area contributed by atoms with E-state index in [0.717, 1.165) is 65.9 Å². The summed E-state index contributed by atoms with van der Waals surface area (Å²) in [5.74, 6) is 1.06. The van der Waals surface area contributed by atoms with Crippen LogP contribution in [0.25, 0.3) is 16.9 Å². The molecule has 166 valence electrons. The molecule has 0 spiro atoms. The topological polar surface area (TPSA) is 56.9 Å². The maximum absolute atomic E-state index is 9.87. The second-order valence-corrected chi connectivity index (χ2v) is 9.35. The van der Waals surface area contributed by atoms with Gasteiger partial charge in [-0.3, -0.25) is 4.40 Å². The molecule has 0 atom stereocenters. The molecule has 32 heavy (non-hydrogen) atoms. The minimum atomic E-state index is -0.177. The molecule has 0 bridgehead atoms. The lowest BCUT2D eigenvalue weighted by Crippen LogP contribution is -2.35. The molecule has 3 aromatic heterocycles. The van der Waals surface area contributed by atoms with Gasteiger partial charge in [0.25, 0.3) is 0 Å². The smallest absolute Gasteiger partial charge is 0.191 e. The van der Waals surface area contributed by atoms with Crippen LogP contribution >= 0.6 is 11.3 Å². The molecule has 1 aromatic carbocycles. The fraction of sp³-hybridized carbons (Fsp3) is 0.360. The normalized spacial score (nSPS) is 14.9. The third-order valence-corrected chi connectivity index (χ3v) is 7.17. The molecule has 0 radical (unpaired) electrons. The average molecular weight is 448 g/mol. The predicted octanol–water partition coefficient (Wildman–Crippen LogP) is 5.06. The molecule has 4 heterocycles. The Morgan fingerprint density at radius 1 is 1.09 bits per heavy atom. The first-order chi connectivity index (χ1) is 15.5. The van der Waals surface area contributed by atoms with Crippen molar-refractivity contribution in [3.8, 4) is 11.3 Å². The van der Waals surface area contributed by atoms with Crippen LogP contribution in [0.1, 0.15) is 31.0 Å². The van der Waals surface area contributed by atoms with Gasteiger partial charge >= 0.3 is 0 Å². The molecule has 0 saturated carbocycles. The van der Waals surface area contributed by atoms with Crippen LogP contribution in [0.5, 0.6) is 0 Å². The minimum Gasteiger partial charge on any atom is -0.393 e. The molecule has 1 aliphatic rings. The van der Waals surface area contributed by atoms with Crippen molar-refractivity contribution in [2.75, 3.05) is 29.9 Å². The molecule has 4 aromatic rings. The Kier molecular flexibility index (Phi) is 5.61. The summed E-state index contributed by atoms with van der Waals surface area (Å²) < 4.78 is 2.19. The molecule has 0 unspecified atom stereocenters. The van der Waals surface area contributed by atoms with E-state index in [0.29, 0.717) is 0 Å². The zero-order valence-electron chi connectivity index (χ0n) is 18.8. The van der Waals surface area contributed by atoms with Gasteiger partial charge < -0.3 is 14.9 Å². The molecule has 0 aliphatic carbocycles. The number of thiazole rings is 1. The molecule has 1 aliphatic heterocycles. The van der Waals surface area contributed by atoms with Crippen molar-refractivity contribution in [2.24, 2.45) is 0 Å². The number of imidazole rings is 1. The van der Waals surface area contributed by atoms with Gasteiger partial charge in [-0.25, -0.2) is 9.97 Å². The molecule has 5 rings (SSSR count). The van der Waals surface area contributed by atoms with Gasteiger partial charge in [-0.1, -0.05) is 36.8 Å². The van der Waals surface area contributed by atoms with Crippen LogP contribution in [-0.2, 0) is 6.42 Å². The van der Waals surface area contributed by atoms with Gasteiger partial charge in [-0.05, 0) is 38.3 Å². The minimum absolute atomic E-state index is 0.177. The van der Waals surface area contributed by atoms with Gasteiger partial charge in [0.15, 0.2) is 5.13 Å². The summed E-state index contributed by atoms with van der Waals surface area (Å²) in [6.45, 7) is 5.99. The van der Waals surface area contributed by atoms with E-state index in [4.69, 9.17) is 9.97 Å². The zero-order chi connectivity index (χ0) is 22.2. The number of anilines is 3. The highest BCUT2D eigenvalue weighted by molar-refractivity contribution is 7.14. The van der Waals surface area contributed by atoms with Crippen LogP contribution in [0.15, 0.2) is 48.0 Å². The van der Waals surface area contributed by atoms with Gasteiger partial charge in [-0.15, -0.1) is 11.3 Å². The van der Waals surface area contributed by atoms with E-state index in [9.17, 15) is 5.11 Å². The Bertz CT molecular complexity index is 1220. The van der Waals surface area contributed by atoms with Gasteiger partial charge in [0.05, 0.1) is 23.2 Å². The van der Waals surface area contributed by atoms with Gasteiger partial charge in [0.1, 0.15) is 11.5 Å². The number of benzene rings is 1. The first-order valence-corrected chi connectivity index (χ1v) is 12.1. The first kappa shape index (κ1) is 21.0. The van der Waals surface area contributed by atoms with Crippen LogP contribution < -0.4 is 9.80 Å².